The van der Waals surface area contributed by atoms with Crippen LogP contribution in [0.4, 0.5) is 0 Å². The highest BCUT2D eigenvalue weighted by atomic mass is 32.2. The van der Waals surface area contributed by atoms with Gasteiger partial charge in [-0.1, -0.05) is 62.1 Å². The van der Waals surface area contributed by atoms with Gasteiger partial charge in [0.15, 0.2) is 0 Å². The highest BCUT2D eigenvalue weighted by Crippen LogP contribution is 2.34. The molecule has 2 aromatic rings. The molecular formula is C25H33NO4S. The van der Waals surface area contributed by atoms with Crippen molar-refractivity contribution >= 4 is 23.7 Å². The summed E-state index contributed by atoms with van der Waals surface area (Å²) in [5, 5.41) is 17.9. The van der Waals surface area contributed by atoms with E-state index in [1.54, 1.807) is 6.20 Å². The van der Waals surface area contributed by atoms with Crippen LogP contribution in [-0.2, 0) is 22.4 Å². The molecule has 1 atom stereocenters. The summed E-state index contributed by atoms with van der Waals surface area (Å²) in [5.41, 5.74) is 3.28. The van der Waals surface area contributed by atoms with Crippen molar-refractivity contribution in [1.82, 2.24) is 4.98 Å². The molecule has 2 N–H and O–H groups in total. The van der Waals surface area contributed by atoms with E-state index in [1.165, 1.54) is 43.0 Å². The van der Waals surface area contributed by atoms with Gasteiger partial charge in [-0.25, -0.2) is 0 Å². The number of thioether (sulfide) groups is 1. The molecule has 0 saturated heterocycles. The second kappa shape index (κ2) is 14.6. The largest absolute Gasteiger partial charge is 0.481 e. The molecule has 0 aliphatic rings. The average molecular weight is 444 g/mol. The zero-order chi connectivity index (χ0) is 22.3. The lowest BCUT2D eigenvalue weighted by Gasteiger charge is -2.18. The van der Waals surface area contributed by atoms with Gasteiger partial charge in [0, 0.05) is 22.9 Å². The van der Waals surface area contributed by atoms with E-state index < -0.39 is 11.9 Å². The molecule has 2 rings (SSSR count). The Hall–Kier alpha value is -2.34. The third-order valence-electron chi connectivity index (χ3n) is 5.24. The first-order valence-corrected chi connectivity index (χ1v) is 12.1. The molecule has 0 radical (unpaired) electrons. The van der Waals surface area contributed by atoms with Gasteiger partial charge in [-0.05, 0) is 42.9 Å². The van der Waals surface area contributed by atoms with Crippen LogP contribution in [0.5, 0.6) is 0 Å². The van der Waals surface area contributed by atoms with E-state index in [-0.39, 0.29) is 18.1 Å². The Bertz CT molecular complexity index is 797. The minimum absolute atomic E-state index is 0.0234. The molecule has 0 spiro atoms. The number of carboxylic acids is 2. The molecule has 0 aliphatic heterocycles. The number of carboxylic acid groups (broad SMARTS) is 2. The third kappa shape index (κ3) is 10.5. The molecule has 6 heteroatoms. The van der Waals surface area contributed by atoms with Gasteiger partial charge in [0.05, 0.1) is 12.8 Å². The number of carbonyl (C=O) groups is 2. The maximum atomic E-state index is 11.3. The summed E-state index contributed by atoms with van der Waals surface area (Å²) in [7, 11) is 0. The van der Waals surface area contributed by atoms with Crippen molar-refractivity contribution in [3.8, 4) is 0 Å². The van der Waals surface area contributed by atoms with Crippen LogP contribution in [0.3, 0.4) is 0 Å². The second-order valence-corrected chi connectivity index (χ2v) is 9.06. The molecule has 0 bridgehead atoms. The first-order valence-electron chi connectivity index (χ1n) is 11.1. The van der Waals surface area contributed by atoms with Gasteiger partial charge in [0.25, 0.3) is 0 Å². The molecule has 1 aromatic heterocycles. The highest BCUT2D eigenvalue weighted by molar-refractivity contribution is 7.99. The first kappa shape index (κ1) is 24.9. The smallest absolute Gasteiger partial charge is 0.304 e. The topological polar surface area (TPSA) is 87.5 Å². The molecule has 1 unspecified atom stereocenters. The Morgan fingerprint density at radius 2 is 1.52 bits per heavy atom. The van der Waals surface area contributed by atoms with Crippen LogP contribution >= 0.6 is 11.8 Å². The lowest BCUT2D eigenvalue weighted by molar-refractivity contribution is -0.137. The van der Waals surface area contributed by atoms with Gasteiger partial charge in [0.2, 0.25) is 0 Å². The van der Waals surface area contributed by atoms with E-state index in [9.17, 15) is 14.7 Å². The molecule has 5 nitrogen and oxygen atoms in total. The standard InChI is InChI=1S/C25H33NO4S/c27-24(28)16-18-31-23(19-25(29)30)21-14-10-17-26-22(21)15-9-4-2-1-3-6-11-20-12-7-5-8-13-20/h5,7-8,10,12-14,17,23H,1-4,6,9,11,15-16,18-19H2,(H,27,28)(H,29,30). The average Bonchev–Trinajstić information content (AvgIpc) is 2.75. The van der Waals surface area contributed by atoms with E-state index in [0.29, 0.717) is 5.75 Å². The van der Waals surface area contributed by atoms with E-state index >= 15 is 0 Å². The SMILES string of the molecule is O=C(O)CCSC(CC(=O)O)c1cccnc1CCCCCCCCc1ccccc1. The number of pyridine rings is 1. The van der Waals surface area contributed by atoms with Gasteiger partial charge in [-0.15, -0.1) is 0 Å². The molecule has 0 amide bonds. The van der Waals surface area contributed by atoms with Gasteiger partial charge < -0.3 is 10.2 Å². The molecule has 0 fully saturated rings. The number of hydrogen-bond donors (Lipinski definition) is 2. The Kier molecular flexibility index (Phi) is 11.8. The Balaban J connectivity index is 1.74. The summed E-state index contributed by atoms with van der Waals surface area (Å²) in [6.07, 6.45) is 10.8. The summed E-state index contributed by atoms with van der Waals surface area (Å²) in [5.74, 6) is -1.35. The van der Waals surface area contributed by atoms with Crippen molar-refractivity contribution < 1.29 is 19.8 Å². The fourth-order valence-corrected chi connectivity index (χ4v) is 4.86. The number of unbranched alkanes of at least 4 members (excludes halogenated alkanes) is 5. The molecule has 1 heterocycles. The number of aromatic nitrogens is 1. The van der Waals surface area contributed by atoms with E-state index in [2.05, 4.69) is 35.3 Å². The number of rotatable bonds is 16. The summed E-state index contributed by atoms with van der Waals surface area (Å²) in [4.78, 5) is 26.6. The molecule has 0 aliphatic carbocycles. The predicted molar refractivity (Wildman–Crippen MR) is 125 cm³/mol. The maximum Gasteiger partial charge on any atom is 0.304 e. The summed E-state index contributed by atoms with van der Waals surface area (Å²) in [6.45, 7) is 0. The summed E-state index contributed by atoms with van der Waals surface area (Å²) in [6, 6.07) is 14.4. The van der Waals surface area contributed by atoms with Crippen molar-refractivity contribution in [2.24, 2.45) is 0 Å². The van der Waals surface area contributed by atoms with Gasteiger partial charge in [-0.2, -0.15) is 11.8 Å². The van der Waals surface area contributed by atoms with Gasteiger partial charge in [-0.3, -0.25) is 14.6 Å². The maximum absolute atomic E-state index is 11.3. The minimum atomic E-state index is -0.877. The quantitative estimate of drug-likeness (QED) is 0.313. The van der Waals surface area contributed by atoms with E-state index in [1.807, 2.05) is 12.1 Å². The van der Waals surface area contributed by atoms with Crippen LogP contribution < -0.4 is 0 Å². The Morgan fingerprint density at radius 1 is 0.839 bits per heavy atom. The summed E-state index contributed by atoms with van der Waals surface area (Å²) < 4.78 is 0. The van der Waals surface area contributed by atoms with Gasteiger partial charge in [0.1, 0.15) is 0 Å². The lowest BCUT2D eigenvalue weighted by Crippen LogP contribution is -2.09. The van der Waals surface area contributed by atoms with Crippen LogP contribution in [0.1, 0.15) is 73.4 Å². The van der Waals surface area contributed by atoms with Crippen molar-refractivity contribution in [2.75, 3.05) is 5.75 Å². The highest BCUT2D eigenvalue weighted by Gasteiger charge is 2.20. The van der Waals surface area contributed by atoms with Crippen LogP contribution in [0, 0.1) is 0 Å². The normalized spacial score (nSPS) is 11.9. The van der Waals surface area contributed by atoms with Crippen molar-refractivity contribution in [3.63, 3.8) is 0 Å². The lowest BCUT2D eigenvalue weighted by atomic mass is 10.0. The fraction of sp³-hybridized carbons (Fsp3) is 0.480. The summed E-state index contributed by atoms with van der Waals surface area (Å²) >= 11 is 1.39. The van der Waals surface area contributed by atoms with Crippen molar-refractivity contribution in [3.05, 3.63) is 65.5 Å². The predicted octanol–water partition coefficient (Wildman–Crippen LogP) is 5.93. The second-order valence-electron chi connectivity index (χ2n) is 7.75. The zero-order valence-corrected chi connectivity index (χ0v) is 18.9. The molecule has 1 aromatic carbocycles. The zero-order valence-electron chi connectivity index (χ0n) is 18.0. The number of aryl methyl sites for hydroxylation is 2. The minimum Gasteiger partial charge on any atom is -0.481 e. The van der Waals surface area contributed by atoms with Crippen LogP contribution in [0.15, 0.2) is 48.7 Å². The third-order valence-corrected chi connectivity index (χ3v) is 6.50. The first-order chi connectivity index (χ1) is 15.1. The van der Waals surface area contributed by atoms with E-state index in [4.69, 9.17) is 5.11 Å². The van der Waals surface area contributed by atoms with E-state index in [0.717, 1.165) is 36.9 Å². The molecule has 0 saturated carbocycles. The Morgan fingerprint density at radius 3 is 2.19 bits per heavy atom. The van der Waals surface area contributed by atoms with Gasteiger partial charge >= 0.3 is 11.9 Å². The molecular weight excluding hydrogens is 410 g/mol. The van der Waals surface area contributed by atoms with Crippen LogP contribution in [-0.4, -0.2) is 32.9 Å². The monoisotopic (exact) mass is 443 g/mol. The number of benzene rings is 1. The van der Waals surface area contributed by atoms with Crippen molar-refractivity contribution in [2.45, 2.75) is 69.5 Å². The Labute approximate surface area is 189 Å². The number of nitrogens with zero attached hydrogens (tertiary/aromatic N) is 1. The van der Waals surface area contributed by atoms with Crippen LogP contribution in [0.2, 0.25) is 0 Å². The van der Waals surface area contributed by atoms with Crippen LogP contribution in [0.25, 0.3) is 0 Å². The fourth-order valence-electron chi connectivity index (χ4n) is 3.63. The number of aliphatic carboxylic acids is 2. The molecule has 168 valence electrons. The number of hydrogen-bond acceptors (Lipinski definition) is 4. The van der Waals surface area contributed by atoms with Crippen molar-refractivity contribution in [1.29, 1.82) is 0 Å². The molecule has 31 heavy (non-hydrogen) atoms.